The van der Waals surface area contributed by atoms with Crippen molar-refractivity contribution < 1.29 is 4.79 Å². The maximum absolute atomic E-state index is 10.2. The van der Waals surface area contributed by atoms with Crippen molar-refractivity contribution >= 4 is 24.1 Å². The molecule has 0 saturated heterocycles. The quantitative estimate of drug-likeness (QED) is 0.404. The number of aliphatic imine (C=N–C) groups is 1. The summed E-state index contributed by atoms with van der Waals surface area (Å²) in [5, 5.41) is 0.344. The van der Waals surface area contributed by atoms with Crippen LogP contribution >= 0.6 is 11.6 Å². The highest BCUT2D eigenvalue weighted by molar-refractivity contribution is 6.31. The summed E-state index contributed by atoms with van der Waals surface area (Å²) < 4.78 is 0. The van der Waals surface area contributed by atoms with Crippen LogP contribution in [-0.2, 0) is 4.79 Å². The van der Waals surface area contributed by atoms with Crippen molar-refractivity contribution in [3.05, 3.63) is 10.7 Å². The van der Waals surface area contributed by atoms with Crippen molar-refractivity contribution in [2.45, 2.75) is 12.8 Å². The van der Waals surface area contributed by atoms with Crippen LogP contribution in [0.5, 0.6) is 0 Å². The Morgan fingerprint density at radius 2 is 2.56 bits per heavy atom. The van der Waals surface area contributed by atoms with Gasteiger partial charge in [-0.15, -0.1) is 0 Å². The van der Waals surface area contributed by atoms with Gasteiger partial charge in [0.1, 0.15) is 11.4 Å². The molecule has 3 heteroatoms. The molecule has 0 amide bonds. The maximum Gasteiger partial charge on any atom is 0.149 e. The van der Waals surface area contributed by atoms with Gasteiger partial charge in [0.25, 0.3) is 0 Å². The molecule has 9 heavy (non-hydrogen) atoms. The highest BCUT2D eigenvalue weighted by Gasteiger charge is 2.04. The Labute approximate surface area is 58.2 Å². The molecule has 2 nitrogen and oxygen atoms in total. The largest absolute Gasteiger partial charge is 0.298 e. The average molecular weight is 144 g/mol. The summed E-state index contributed by atoms with van der Waals surface area (Å²) in [4.78, 5) is 13.9. The van der Waals surface area contributed by atoms with Crippen LogP contribution in [0.3, 0.4) is 0 Å². The first-order valence-electron chi connectivity index (χ1n) is 2.71. The van der Waals surface area contributed by atoms with Crippen molar-refractivity contribution in [1.82, 2.24) is 0 Å². The molecule has 0 saturated carbocycles. The lowest BCUT2D eigenvalue weighted by molar-refractivity contribution is -0.105. The number of nitrogens with zero attached hydrogens (tertiary/aromatic N) is 1. The second-order valence-corrected chi connectivity index (χ2v) is 2.14. The molecule has 0 aromatic rings. The molecule has 0 bridgehead atoms. The van der Waals surface area contributed by atoms with E-state index in [1.54, 1.807) is 6.21 Å². The third-order valence-electron chi connectivity index (χ3n) is 1.15. The van der Waals surface area contributed by atoms with Gasteiger partial charge in [-0.05, 0) is 12.8 Å². The van der Waals surface area contributed by atoms with Gasteiger partial charge < -0.3 is 0 Å². The predicted molar refractivity (Wildman–Crippen MR) is 36.7 cm³/mol. The predicted octanol–water partition coefficient (Wildman–Crippen LogP) is 1.50. The monoisotopic (exact) mass is 143 g/mol. The van der Waals surface area contributed by atoms with Gasteiger partial charge in [-0.2, -0.15) is 0 Å². The van der Waals surface area contributed by atoms with Crippen LogP contribution in [0.4, 0.5) is 0 Å². The molecule has 0 N–H and O–H groups in total. The molecule has 0 aromatic heterocycles. The number of carbonyl (C=O) groups is 1. The van der Waals surface area contributed by atoms with Gasteiger partial charge in [0.15, 0.2) is 0 Å². The second kappa shape index (κ2) is 2.78. The molecule has 0 atom stereocenters. The van der Waals surface area contributed by atoms with Gasteiger partial charge in [0.05, 0.1) is 0 Å². The summed E-state index contributed by atoms with van der Waals surface area (Å²) in [6.45, 7) is 0. The Balaban J connectivity index is 2.84. The van der Waals surface area contributed by atoms with Gasteiger partial charge >= 0.3 is 0 Å². The van der Waals surface area contributed by atoms with Crippen LogP contribution in [0, 0.1) is 0 Å². The Morgan fingerprint density at radius 1 is 1.78 bits per heavy atom. The fourth-order valence-electron chi connectivity index (χ4n) is 0.658. The molecule has 0 unspecified atom stereocenters. The van der Waals surface area contributed by atoms with Crippen LogP contribution in [0.2, 0.25) is 0 Å². The van der Waals surface area contributed by atoms with Gasteiger partial charge in [-0.25, -0.2) is 4.99 Å². The molecule has 0 radical (unpaired) electrons. The zero-order valence-corrected chi connectivity index (χ0v) is 5.56. The SMILES string of the molecule is O=CC1=C(Cl)N=CCC1. The minimum atomic E-state index is 0.344. The first-order valence-corrected chi connectivity index (χ1v) is 3.08. The summed E-state index contributed by atoms with van der Waals surface area (Å²) >= 11 is 5.53. The molecule has 1 heterocycles. The Kier molecular flexibility index (Phi) is 2.01. The summed E-state index contributed by atoms with van der Waals surface area (Å²) in [6, 6.07) is 0. The fraction of sp³-hybridized carbons (Fsp3) is 0.333. The number of hydrogen-bond acceptors (Lipinski definition) is 2. The van der Waals surface area contributed by atoms with Crippen LogP contribution in [0.15, 0.2) is 15.7 Å². The summed E-state index contributed by atoms with van der Waals surface area (Å²) in [5.74, 6) is 0. The van der Waals surface area contributed by atoms with E-state index in [1.807, 2.05) is 0 Å². The lowest BCUT2D eigenvalue weighted by Crippen LogP contribution is -1.94. The lowest BCUT2D eigenvalue weighted by atomic mass is 10.1. The third kappa shape index (κ3) is 1.39. The number of carbonyl (C=O) groups excluding carboxylic acids is 1. The summed E-state index contributed by atoms with van der Waals surface area (Å²) in [7, 11) is 0. The van der Waals surface area contributed by atoms with Gasteiger partial charge in [-0.3, -0.25) is 4.79 Å². The van der Waals surface area contributed by atoms with Crippen LogP contribution in [0.1, 0.15) is 12.8 Å². The van der Waals surface area contributed by atoms with Crippen molar-refractivity contribution in [1.29, 1.82) is 0 Å². The Morgan fingerprint density at radius 3 is 3.00 bits per heavy atom. The smallest absolute Gasteiger partial charge is 0.149 e. The van der Waals surface area contributed by atoms with E-state index in [4.69, 9.17) is 11.6 Å². The number of halogens is 1. The first kappa shape index (κ1) is 6.49. The molecule has 0 aromatic carbocycles. The molecule has 0 fully saturated rings. The fourth-order valence-corrected chi connectivity index (χ4v) is 0.866. The van der Waals surface area contributed by atoms with Crippen molar-refractivity contribution in [3.63, 3.8) is 0 Å². The van der Waals surface area contributed by atoms with E-state index in [0.29, 0.717) is 10.7 Å². The minimum Gasteiger partial charge on any atom is -0.298 e. The van der Waals surface area contributed by atoms with Gasteiger partial charge in [0, 0.05) is 11.8 Å². The van der Waals surface area contributed by atoms with E-state index in [9.17, 15) is 4.79 Å². The van der Waals surface area contributed by atoms with E-state index in [0.717, 1.165) is 19.1 Å². The van der Waals surface area contributed by atoms with Gasteiger partial charge in [-0.1, -0.05) is 11.6 Å². The number of rotatable bonds is 1. The standard InChI is InChI=1S/C6H6ClNO/c7-6-5(4-9)2-1-3-8-6/h3-4H,1-2H2. The molecule has 0 spiro atoms. The Hall–Kier alpha value is -0.630. The van der Waals surface area contributed by atoms with Crippen molar-refractivity contribution in [2.24, 2.45) is 4.99 Å². The highest BCUT2D eigenvalue weighted by atomic mass is 35.5. The average Bonchev–Trinajstić information content (AvgIpc) is 1.89. The van der Waals surface area contributed by atoms with E-state index in [1.165, 1.54) is 0 Å². The van der Waals surface area contributed by atoms with Crippen LogP contribution in [-0.4, -0.2) is 12.5 Å². The molecule has 1 aliphatic rings. The molecule has 0 aliphatic carbocycles. The minimum absolute atomic E-state index is 0.344. The molecular formula is C6H6ClNO. The van der Waals surface area contributed by atoms with E-state index in [2.05, 4.69) is 4.99 Å². The van der Waals surface area contributed by atoms with E-state index >= 15 is 0 Å². The van der Waals surface area contributed by atoms with Crippen LogP contribution in [0.25, 0.3) is 0 Å². The Bertz CT molecular complexity index is 183. The van der Waals surface area contributed by atoms with Crippen molar-refractivity contribution in [2.75, 3.05) is 0 Å². The van der Waals surface area contributed by atoms with Crippen LogP contribution < -0.4 is 0 Å². The molecular weight excluding hydrogens is 138 g/mol. The number of hydrogen-bond donors (Lipinski definition) is 0. The molecule has 1 rings (SSSR count). The zero-order chi connectivity index (χ0) is 6.69. The maximum atomic E-state index is 10.2. The lowest BCUT2D eigenvalue weighted by Gasteiger charge is -2.02. The van der Waals surface area contributed by atoms with Gasteiger partial charge in [0.2, 0.25) is 0 Å². The molecule has 48 valence electrons. The first-order chi connectivity index (χ1) is 4.34. The summed E-state index contributed by atoms with van der Waals surface area (Å²) in [5.41, 5.74) is 0.610. The third-order valence-corrected chi connectivity index (χ3v) is 1.49. The zero-order valence-electron chi connectivity index (χ0n) is 4.80. The number of allylic oxidation sites excluding steroid dienone is 1. The topological polar surface area (TPSA) is 29.4 Å². The summed E-state index contributed by atoms with van der Waals surface area (Å²) in [6.07, 6.45) is 4.03. The normalized spacial score (nSPS) is 18.3. The van der Waals surface area contributed by atoms with Crippen molar-refractivity contribution in [3.8, 4) is 0 Å². The van der Waals surface area contributed by atoms with E-state index < -0.39 is 0 Å². The number of aldehydes is 1. The second-order valence-electron chi connectivity index (χ2n) is 1.78. The molecule has 1 aliphatic heterocycles. The highest BCUT2D eigenvalue weighted by Crippen LogP contribution is 2.17. The van der Waals surface area contributed by atoms with E-state index in [-0.39, 0.29) is 0 Å².